The van der Waals surface area contributed by atoms with Gasteiger partial charge in [0.2, 0.25) is 0 Å². The van der Waals surface area contributed by atoms with E-state index in [1.165, 1.54) is 16.7 Å². The van der Waals surface area contributed by atoms with Crippen molar-refractivity contribution in [1.82, 2.24) is 0 Å². The summed E-state index contributed by atoms with van der Waals surface area (Å²) in [4.78, 5) is 0. The summed E-state index contributed by atoms with van der Waals surface area (Å²) in [5, 5.41) is 0.150. The maximum Gasteiger partial charge on any atom is 0.0596 e. The van der Waals surface area contributed by atoms with Crippen LogP contribution in [0.15, 0.2) is 18.2 Å². The Morgan fingerprint density at radius 1 is 1.11 bits per heavy atom. The van der Waals surface area contributed by atoms with Crippen molar-refractivity contribution >= 4 is 11.6 Å². The van der Waals surface area contributed by atoms with Crippen LogP contribution in [0.5, 0.6) is 0 Å². The van der Waals surface area contributed by atoms with E-state index in [0.717, 1.165) is 6.42 Å². The fourth-order valence-electron chi connectivity index (χ4n) is 3.21. The number of aryl methyl sites for hydroxylation is 2. The summed E-state index contributed by atoms with van der Waals surface area (Å²) in [5.74, 6) is 0.974. The van der Waals surface area contributed by atoms with Gasteiger partial charge >= 0.3 is 0 Å². The van der Waals surface area contributed by atoms with Gasteiger partial charge in [0.05, 0.1) is 12.2 Å². The van der Waals surface area contributed by atoms with Crippen molar-refractivity contribution in [1.29, 1.82) is 0 Å². The monoisotopic (exact) mass is 280 g/mol. The Labute approximate surface area is 122 Å². The molecule has 1 aliphatic heterocycles. The normalized spacial score (nSPS) is 32.5. The molecule has 0 N–H and O–H groups in total. The lowest BCUT2D eigenvalue weighted by Gasteiger charge is -2.24. The average molecular weight is 281 g/mol. The van der Waals surface area contributed by atoms with Crippen molar-refractivity contribution in [2.45, 2.75) is 58.6 Å². The predicted molar refractivity (Wildman–Crippen MR) is 81.9 cm³/mol. The minimum atomic E-state index is 0.150. The molecule has 2 rings (SSSR count). The second-order valence-corrected chi connectivity index (χ2v) is 6.68. The lowest BCUT2D eigenvalue weighted by atomic mass is 9.84. The van der Waals surface area contributed by atoms with Crippen molar-refractivity contribution in [2.24, 2.45) is 11.8 Å². The van der Waals surface area contributed by atoms with Crippen molar-refractivity contribution in [3.05, 3.63) is 34.9 Å². The van der Waals surface area contributed by atoms with Crippen LogP contribution in [0.3, 0.4) is 0 Å². The number of halogens is 1. The van der Waals surface area contributed by atoms with Gasteiger partial charge in [-0.05, 0) is 56.7 Å². The number of hydrogen-bond acceptors (Lipinski definition) is 1. The Morgan fingerprint density at radius 2 is 1.79 bits per heavy atom. The molecule has 0 radical (unpaired) electrons. The molecule has 0 aliphatic carbocycles. The maximum atomic E-state index is 6.69. The molecular weight excluding hydrogens is 256 g/mol. The number of benzene rings is 1. The first-order chi connectivity index (χ1) is 8.90. The highest BCUT2D eigenvalue weighted by Gasteiger charge is 2.40. The summed E-state index contributed by atoms with van der Waals surface area (Å²) in [6.45, 7) is 10.9. The molecule has 1 fully saturated rings. The van der Waals surface area contributed by atoms with Crippen LogP contribution in [0.2, 0.25) is 0 Å². The van der Waals surface area contributed by atoms with Crippen LogP contribution in [0.1, 0.15) is 37.5 Å². The zero-order chi connectivity index (χ0) is 14.2. The molecule has 1 aromatic rings. The van der Waals surface area contributed by atoms with Crippen LogP contribution < -0.4 is 0 Å². The van der Waals surface area contributed by atoms with Gasteiger partial charge in [-0.25, -0.2) is 0 Å². The van der Waals surface area contributed by atoms with Crippen LogP contribution in [-0.4, -0.2) is 17.6 Å². The Bertz CT molecular complexity index is 443. The second-order valence-electron chi connectivity index (χ2n) is 6.12. The van der Waals surface area contributed by atoms with E-state index < -0.39 is 0 Å². The zero-order valence-corrected chi connectivity index (χ0v) is 13.4. The van der Waals surface area contributed by atoms with E-state index in [9.17, 15) is 0 Å². The second kappa shape index (κ2) is 5.85. The number of ether oxygens (including phenoxy) is 1. The summed E-state index contributed by atoms with van der Waals surface area (Å²) in [5.41, 5.74) is 4.02. The largest absolute Gasteiger partial charge is 0.375 e. The average Bonchev–Trinajstić information content (AvgIpc) is 2.58. The highest BCUT2D eigenvalue weighted by molar-refractivity contribution is 6.21. The zero-order valence-electron chi connectivity index (χ0n) is 12.6. The lowest BCUT2D eigenvalue weighted by molar-refractivity contribution is 0.0508. The van der Waals surface area contributed by atoms with Gasteiger partial charge in [-0.1, -0.05) is 25.1 Å². The van der Waals surface area contributed by atoms with Crippen LogP contribution in [0.25, 0.3) is 0 Å². The fourth-order valence-corrected chi connectivity index (χ4v) is 3.82. The minimum absolute atomic E-state index is 0.150. The summed E-state index contributed by atoms with van der Waals surface area (Å²) < 4.78 is 5.90. The molecule has 1 nitrogen and oxygen atoms in total. The Morgan fingerprint density at radius 3 is 2.32 bits per heavy atom. The van der Waals surface area contributed by atoms with Crippen molar-refractivity contribution in [3.8, 4) is 0 Å². The van der Waals surface area contributed by atoms with Crippen molar-refractivity contribution < 1.29 is 4.74 Å². The molecule has 5 atom stereocenters. The van der Waals surface area contributed by atoms with Gasteiger partial charge in [0.15, 0.2) is 0 Å². The van der Waals surface area contributed by atoms with E-state index in [1.807, 2.05) is 0 Å². The van der Waals surface area contributed by atoms with E-state index in [4.69, 9.17) is 16.3 Å². The first-order valence-electron chi connectivity index (χ1n) is 7.25. The summed E-state index contributed by atoms with van der Waals surface area (Å²) in [7, 11) is 0. The molecule has 1 aliphatic rings. The van der Waals surface area contributed by atoms with E-state index >= 15 is 0 Å². The third-order valence-corrected chi connectivity index (χ3v) is 5.18. The highest BCUT2D eigenvalue weighted by atomic mass is 35.5. The molecule has 0 bridgehead atoms. The van der Waals surface area contributed by atoms with Crippen molar-refractivity contribution in [3.63, 3.8) is 0 Å². The summed E-state index contributed by atoms with van der Waals surface area (Å²) in [6.07, 6.45) is 1.51. The third-order valence-electron chi connectivity index (χ3n) is 4.74. The van der Waals surface area contributed by atoms with Crippen LogP contribution >= 0.6 is 11.6 Å². The maximum absolute atomic E-state index is 6.69. The molecular formula is C17H25ClO. The van der Waals surface area contributed by atoms with E-state index in [1.54, 1.807) is 0 Å². The van der Waals surface area contributed by atoms with Gasteiger partial charge in [0.1, 0.15) is 0 Å². The molecule has 2 heteroatoms. The van der Waals surface area contributed by atoms with Gasteiger partial charge in [-0.3, -0.25) is 0 Å². The molecule has 1 saturated heterocycles. The number of alkyl halides is 1. The smallest absolute Gasteiger partial charge is 0.0596 e. The highest BCUT2D eigenvalue weighted by Crippen LogP contribution is 2.37. The molecule has 0 aromatic heterocycles. The molecule has 0 saturated carbocycles. The van der Waals surface area contributed by atoms with Crippen LogP contribution in [0, 0.1) is 25.7 Å². The molecule has 0 spiro atoms. The Kier molecular flexibility index (Phi) is 4.58. The molecule has 0 amide bonds. The van der Waals surface area contributed by atoms with Gasteiger partial charge in [0.25, 0.3) is 0 Å². The third kappa shape index (κ3) is 3.14. The van der Waals surface area contributed by atoms with E-state index in [0.29, 0.717) is 17.9 Å². The van der Waals surface area contributed by atoms with Gasteiger partial charge in [0, 0.05) is 11.3 Å². The molecule has 19 heavy (non-hydrogen) atoms. The van der Waals surface area contributed by atoms with E-state index in [2.05, 4.69) is 52.8 Å². The fraction of sp³-hybridized carbons (Fsp3) is 0.647. The summed E-state index contributed by atoms with van der Waals surface area (Å²) >= 11 is 6.69. The molecule has 5 unspecified atom stereocenters. The topological polar surface area (TPSA) is 9.23 Å². The van der Waals surface area contributed by atoms with Crippen LogP contribution in [-0.2, 0) is 11.2 Å². The molecule has 1 heterocycles. The first kappa shape index (κ1) is 14.9. The first-order valence-corrected chi connectivity index (χ1v) is 7.69. The molecule has 1 aromatic carbocycles. The lowest BCUT2D eigenvalue weighted by Crippen LogP contribution is -2.28. The van der Waals surface area contributed by atoms with Crippen LogP contribution in [0.4, 0.5) is 0 Å². The van der Waals surface area contributed by atoms with Gasteiger partial charge < -0.3 is 4.74 Å². The minimum Gasteiger partial charge on any atom is -0.375 e. The standard InChI is InChI=1S/C17H25ClO/c1-10-6-7-15(8-11(10)2)9-16(18)17-12(3)13(4)19-14(17)5/h6-8,12-14,16-17H,9H2,1-5H3. The quantitative estimate of drug-likeness (QED) is 0.740. The summed E-state index contributed by atoms with van der Waals surface area (Å²) in [6, 6.07) is 6.65. The predicted octanol–water partition coefficient (Wildman–Crippen LogP) is 4.51. The number of hydrogen-bond donors (Lipinski definition) is 0. The van der Waals surface area contributed by atoms with Gasteiger partial charge in [-0.15, -0.1) is 11.6 Å². The molecule has 106 valence electrons. The van der Waals surface area contributed by atoms with Crippen molar-refractivity contribution in [2.75, 3.05) is 0 Å². The van der Waals surface area contributed by atoms with Gasteiger partial charge in [-0.2, -0.15) is 0 Å². The Hall–Kier alpha value is -0.530. The SMILES string of the molecule is Cc1ccc(CC(Cl)C2C(C)OC(C)C2C)cc1C. The van der Waals surface area contributed by atoms with E-state index in [-0.39, 0.29) is 11.5 Å². The number of rotatable bonds is 3. The Balaban J connectivity index is 2.08.